The molecule has 2 fully saturated rings. The summed E-state index contributed by atoms with van der Waals surface area (Å²) in [7, 11) is 0. The molecule has 0 saturated heterocycles. The molecule has 4 rings (SSSR count). The molecule has 2 aliphatic carbocycles. The van der Waals surface area contributed by atoms with Crippen LogP contribution >= 0.6 is 23.4 Å². The Morgan fingerprint density at radius 2 is 2.10 bits per heavy atom. The lowest BCUT2D eigenvalue weighted by atomic mass is 10.3. The van der Waals surface area contributed by atoms with Crippen molar-refractivity contribution in [2.45, 2.75) is 48.6 Å². The van der Waals surface area contributed by atoms with E-state index in [2.05, 4.69) is 19.7 Å². The van der Waals surface area contributed by atoms with Gasteiger partial charge in [0.15, 0.2) is 5.16 Å². The number of halogens is 1. The fraction of sp³-hybridized carbons (Fsp3) is 0.500. The third-order valence-corrected chi connectivity index (χ3v) is 4.93. The quantitative estimate of drug-likeness (QED) is 0.622. The maximum Gasteiger partial charge on any atom is 0.191 e. The molecule has 0 N–H and O–H groups in total. The van der Waals surface area contributed by atoms with E-state index in [1.165, 1.54) is 37.1 Å². The van der Waals surface area contributed by atoms with Crippen LogP contribution in [-0.4, -0.2) is 19.7 Å². The highest BCUT2D eigenvalue weighted by atomic mass is 35.5. The standard InChI is InChI=1S/C14H15ClN4S/c15-12-7-9(5-6-16-12)8-20-14-18-17-13(10-1-2-10)19(14)11-3-4-11/h5-7,10-11H,1-4,8H2. The number of nitrogens with zero attached hydrogens (tertiary/aromatic N) is 4. The topological polar surface area (TPSA) is 43.6 Å². The Bertz CT molecular complexity index is 634. The molecule has 0 aliphatic heterocycles. The second kappa shape index (κ2) is 5.04. The molecule has 0 bridgehead atoms. The van der Waals surface area contributed by atoms with Crippen molar-refractivity contribution < 1.29 is 0 Å². The molecule has 0 aromatic carbocycles. The highest BCUT2D eigenvalue weighted by Gasteiger charge is 2.36. The maximum absolute atomic E-state index is 5.92. The Kier molecular flexibility index (Phi) is 3.19. The first kappa shape index (κ1) is 12.7. The summed E-state index contributed by atoms with van der Waals surface area (Å²) in [5.74, 6) is 2.73. The van der Waals surface area contributed by atoms with E-state index >= 15 is 0 Å². The van der Waals surface area contributed by atoms with Crippen molar-refractivity contribution in [3.63, 3.8) is 0 Å². The first-order valence-corrected chi connectivity index (χ1v) is 8.35. The molecular formula is C14H15ClN4S. The summed E-state index contributed by atoms with van der Waals surface area (Å²) in [5.41, 5.74) is 1.17. The minimum absolute atomic E-state index is 0.547. The van der Waals surface area contributed by atoms with E-state index in [9.17, 15) is 0 Å². The molecule has 0 spiro atoms. The summed E-state index contributed by atoms with van der Waals surface area (Å²) in [6.45, 7) is 0. The predicted octanol–water partition coefficient (Wildman–Crippen LogP) is 3.83. The highest BCUT2D eigenvalue weighted by Crippen LogP contribution is 2.46. The first-order valence-electron chi connectivity index (χ1n) is 6.99. The van der Waals surface area contributed by atoms with Gasteiger partial charge in [-0.15, -0.1) is 10.2 Å². The summed E-state index contributed by atoms with van der Waals surface area (Å²) in [6, 6.07) is 4.55. The van der Waals surface area contributed by atoms with Crippen LogP contribution in [0.2, 0.25) is 5.15 Å². The van der Waals surface area contributed by atoms with Crippen LogP contribution in [0.1, 0.15) is 49.0 Å². The summed E-state index contributed by atoms with van der Waals surface area (Å²) in [5, 5.41) is 10.4. The van der Waals surface area contributed by atoms with E-state index < -0.39 is 0 Å². The molecule has 0 radical (unpaired) electrons. The molecule has 2 saturated carbocycles. The van der Waals surface area contributed by atoms with Crippen LogP contribution in [0.4, 0.5) is 0 Å². The Morgan fingerprint density at radius 3 is 2.80 bits per heavy atom. The lowest BCUT2D eigenvalue weighted by Crippen LogP contribution is -2.01. The number of thioether (sulfide) groups is 1. The van der Waals surface area contributed by atoms with Gasteiger partial charge in [0, 0.05) is 23.9 Å². The monoisotopic (exact) mass is 306 g/mol. The van der Waals surface area contributed by atoms with Crippen molar-refractivity contribution in [1.82, 2.24) is 19.7 Å². The average Bonchev–Trinajstić information content (AvgIpc) is 3.35. The molecule has 2 aromatic rings. The smallest absolute Gasteiger partial charge is 0.191 e. The fourth-order valence-corrected chi connectivity index (χ4v) is 3.51. The third-order valence-electron chi connectivity index (χ3n) is 3.70. The largest absolute Gasteiger partial charge is 0.303 e. The van der Waals surface area contributed by atoms with Crippen molar-refractivity contribution in [3.8, 4) is 0 Å². The van der Waals surface area contributed by atoms with E-state index in [-0.39, 0.29) is 0 Å². The van der Waals surface area contributed by atoms with Crippen molar-refractivity contribution in [2.24, 2.45) is 0 Å². The summed E-state index contributed by atoms with van der Waals surface area (Å²) in [4.78, 5) is 4.01. The van der Waals surface area contributed by atoms with Crippen molar-refractivity contribution in [2.75, 3.05) is 0 Å². The van der Waals surface area contributed by atoms with E-state index in [0.717, 1.165) is 10.9 Å². The first-order chi connectivity index (χ1) is 9.81. The molecular weight excluding hydrogens is 292 g/mol. The summed E-state index contributed by atoms with van der Waals surface area (Å²) >= 11 is 7.66. The Balaban J connectivity index is 1.53. The predicted molar refractivity (Wildman–Crippen MR) is 79.1 cm³/mol. The van der Waals surface area contributed by atoms with Crippen LogP contribution < -0.4 is 0 Å². The number of hydrogen-bond donors (Lipinski definition) is 0. The molecule has 0 amide bonds. The van der Waals surface area contributed by atoms with Gasteiger partial charge in [-0.2, -0.15) is 0 Å². The van der Waals surface area contributed by atoms with Gasteiger partial charge in [0.1, 0.15) is 11.0 Å². The zero-order valence-electron chi connectivity index (χ0n) is 11.0. The molecule has 2 aromatic heterocycles. The van der Waals surface area contributed by atoms with Crippen molar-refractivity contribution >= 4 is 23.4 Å². The second-order valence-electron chi connectivity index (χ2n) is 5.49. The number of aromatic nitrogens is 4. The van der Waals surface area contributed by atoms with Gasteiger partial charge in [-0.1, -0.05) is 23.4 Å². The molecule has 0 atom stereocenters. The lowest BCUT2D eigenvalue weighted by Gasteiger charge is -2.08. The summed E-state index contributed by atoms with van der Waals surface area (Å²) < 4.78 is 2.38. The van der Waals surface area contributed by atoms with Gasteiger partial charge in [0.05, 0.1) is 0 Å². The molecule has 2 heterocycles. The van der Waals surface area contributed by atoms with E-state index in [4.69, 9.17) is 11.6 Å². The molecule has 4 nitrogen and oxygen atoms in total. The third kappa shape index (κ3) is 2.56. The average molecular weight is 307 g/mol. The molecule has 20 heavy (non-hydrogen) atoms. The zero-order valence-corrected chi connectivity index (χ0v) is 12.6. The minimum Gasteiger partial charge on any atom is -0.303 e. The van der Waals surface area contributed by atoms with Gasteiger partial charge in [-0.3, -0.25) is 0 Å². The van der Waals surface area contributed by atoms with Gasteiger partial charge in [0.25, 0.3) is 0 Å². The Hall–Kier alpha value is -1.07. The van der Waals surface area contributed by atoms with Crippen LogP contribution in [0.25, 0.3) is 0 Å². The van der Waals surface area contributed by atoms with E-state index in [1.807, 2.05) is 12.1 Å². The highest BCUT2D eigenvalue weighted by molar-refractivity contribution is 7.98. The SMILES string of the molecule is Clc1cc(CSc2nnc(C3CC3)n2C2CC2)ccn1. The van der Waals surface area contributed by atoms with Crippen LogP contribution in [0.5, 0.6) is 0 Å². The van der Waals surface area contributed by atoms with Gasteiger partial charge in [-0.05, 0) is 43.4 Å². The van der Waals surface area contributed by atoms with Gasteiger partial charge < -0.3 is 4.57 Å². The van der Waals surface area contributed by atoms with E-state index in [0.29, 0.717) is 17.1 Å². The van der Waals surface area contributed by atoms with Gasteiger partial charge >= 0.3 is 0 Å². The van der Waals surface area contributed by atoms with Crippen LogP contribution in [0.3, 0.4) is 0 Å². The van der Waals surface area contributed by atoms with Gasteiger partial charge in [-0.25, -0.2) is 4.98 Å². The lowest BCUT2D eigenvalue weighted by molar-refractivity contribution is 0.627. The molecule has 2 aliphatic rings. The molecule has 0 unspecified atom stereocenters. The molecule has 104 valence electrons. The normalized spacial score (nSPS) is 18.4. The van der Waals surface area contributed by atoms with Crippen LogP contribution in [0.15, 0.2) is 23.5 Å². The fourth-order valence-electron chi connectivity index (χ4n) is 2.36. The number of hydrogen-bond acceptors (Lipinski definition) is 4. The number of pyridine rings is 1. The molecule has 6 heteroatoms. The van der Waals surface area contributed by atoms with E-state index in [1.54, 1.807) is 18.0 Å². The van der Waals surface area contributed by atoms with Crippen molar-refractivity contribution in [1.29, 1.82) is 0 Å². The maximum atomic E-state index is 5.92. The summed E-state index contributed by atoms with van der Waals surface area (Å²) in [6.07, 6.45) is 6.84. The van der Waals surface area contributed by atoms with Crippen molar-refractivity contribution in [3.05, 3.63) is 34.9 Å². The Morgan fingerprint density at radius 1 is 1.25 bits per heavy atom. The van der Waals surface area contributed by atoms with Crippen LogP contribution in [-0.2, 0) is 5.75 Å². The minimum atomic E-state index is 0.547. The number of rotatable bonds is 5. The Labute approximate surface area is 127 Å². The second-order valence-corrected chi connectivity index (χ2v) is 6.82. The van der Waals surface area contributed by atoms with Crippen LogP contribution in [0, 0.1) is 0 Å². The van der Waals surface area contributed by atoms with Gasteiger partial charge in [0.2, 0.25) is 0 Å². The zero-order chi connectivity index (χ0) is 13.5.